The maximum atomic E-state index is 12.3. The summed E-state index contributed by atoms with van der Waals surface area (Å²) in [6.45, 7) is -4.00. The van der Waals surface area contributed by atoms with Crippen LogP contribution in [0.4, 0.5) is 14.5 Å². The average Bonchev–Trinajstić information content (AvgIpc) is 2.59. The van der Waals surface area contributed by atoms with Crippen LogP contribution >= 0.6 is 15.9 Å². The molecule has 0 spiro atoms. The summed E-state index contributed by atoms with van der Waals surface area (Å²) in [5.74, 6) is -1.19. The van der Waals surface area contributed by atoms with Crippen molar-refractivity contribution in [2.24, 2.45) is 0 Å². The molecule has 138 valence electrons. The van der Waals surface area contributed by atoms with Gasteiger partial charge in [-0.2, -0.15) is 8.78 Å². The molecule has 0 aromatic heterocycles. The van der Waals surface area contributed by atoms with E-state index in [4.69, 9.17) is 9.47 Å². The van der Waals surface area contributed by atoms with Gasteiger partial charge in [-0.05, 0) is 30.3 Å². The molecule has 9 heteroatoms. The predicted octanol–water partition coefficient (Wildman–Crippen LogP) is 3.61. The van der Waals surface area contributed by atoms with Crippen molar-refractivity contribution in [3.63, 3.8) is 0 Å². The first kappa shape index (κ1) is 19.6. The molecule has 2 aromatic rings. The van der Waals surface area contributed by atoms with Gasteiger partial charge in [0.1, 0.15) is 11.5 Å². The maximum absolute atomic E-state index is 12.3. The Morgan fingerprint density at radius 2 is 1.85 bits per heavy atom. The minimum Gasteiger partial charge on any atom is -0.482 e. The van der Waals surface area contributed by atoms with E-state index in [1.807, 2.05) is 0 Å². The van der Waals surface area contributed by atoms with Crippen LogP contribution in [0.2, 0.25) is 0 Å². The van der Waals surface area contributed by atoms with Gasteiger partial charge < -0.3 is 19.5 Å². The van der Waals surface area contributed by atoms with Crippen molar-refractivity contribution in [1.82, 2.24) is 0 Å². The molecule has 0 aliphatic carbocycles. The zero-order valence-electron chi connectivity index (χ0n) is 13.3. The number of hydrogen-bond donors (Lipinski definition) is 1. The Morgan fingerprint density at radius 3 is 2.58 bits per heavy atom. The molecule has 0 saturated carbocycles. The Kier molecular flexibility index (Phi) is 7.34. The summed E-state index contributed by atoms with van der Waals surface area (Å²) in [7, 11) is 0. The summed E-state index contributed by atoms with van der Waals surface area (Å²) in [4.78, 5) is 23.4. The highest BCUT2D eigenvalue weighted by atomic mass is 79.9. The number of anilines is 1. The van der Waals surface area contributed by atoms with E-state index in [2.05, 4.69) is 26.0 Å². The molecule has 0 aliphatic heterocycles. The zero-order valence-corrected chi connectivity index (χ0v) is 14.9. The van der Waals surface area contributed by atoms with Gasteiger partial charge in [0.15, 0.2) is 13.2 Å². The van der Waals surface area contributed by atoms with Gasteiger partial charge in [0, 0.05) is 4.47 Å². The van der Waals surface area contributed by atoms with Gasteiger partial charge in [-0.25, -0.2) is 4.79 Å². The van der Waals surface area contributed by atoms with Crippen LogP contribution in [0.1, 0.15) is 0 Å². The number of carbonyl (C=O) groups is 2. The highest BCUT2D eigenvalue weighted by Gasteiger charge is 2.13. The van der Waals surface area contributed by atoms with Crippen LogP contribution in [0.25, 0.3) is 0 Å². The van der Waals surface area contributed by atoms with Crippen LogP contribution in [0.15, 0.2) is 53.0 Å². The summed E-state index contributed by atoms with van der Waals surface area (Å²) in [5, 5.41) is 2.33. The molecule has 0 saturated heterocycles. The minimum absolute atomic E-state index is 0.0410. The second kappa shape index (κ2) is 9.71. The summed E-state index contributed by atoms with van der Waals surface area (Å²) in [5.41, 5.74) is 0.0410. The minimum atomic E-state index is -3.03. The molecule has 1 N–H and O–H groups in total. The molecule has 0 bridgehead atoms. The zero-order chi connectivity index (χ0) is 18.9. The number of amides is 1. The van der Waals surface area contributed by atoms with Crippen molar-refractivity contribution in [3.8, 4) is 11.5 Å². The van der Waals surface area contributed by atoms with Crippen molar-refractivity contribution < 1.29 is 32.6 Å². The SMILES string of the molecule is O=C(COC(=O)COc1cccc(Br)c1)Nc1ccccc1OC(F)F. The number of benzene rings is 2. The lowest BCUT2D eigenvalue weighted by molar-refractivity contribution is -0.149. The third-order valence-corrected chi connectivity index (χ3v) is 3.39. The van der Waals surface area contributed by atoms with Crippen LogP contribution in [0.3, 0.4) is 0 Å². The van der Waals surface area contributed by atoms with E-state index >= 15 is 0 Å². The Balaban J connectivity index is 1.79. The number of nitrogens with one attached hydrogen (secondary N) is 1. The van der Waals surface area contributed by atoms with Crippen LogP contribution in [0, 0.1) is 0 Å². The normalized spacial score (nSPS) is 10.3. The predicted molar refractivity (Wildman–Crippen MR) is 92.3 cm³/mol. The number of ether oxygens (including phenoxy) is 3. The van der Waals surface area contributed by atoms with E-state index in [0.717, 1.165) is 4.47 Å². The van der Waals surface area contributed by atoms with Crippen molar-refractivity contribution in [3.05, 3.63) is 53.0 Å². The van der Waals surface area contributed by atoms with Gasteiger partial charge in [0.25, 0.3) is 5.91 Å². The monoisotopic (exact) mass is 429 g/mol. The number of para-hydroxylation sites is 2. The van der Waals surface area contributed by atoms with E-state index in [1.165, 1.54) is 24.3 Å². The molecule has 0 unspecified atom stereocenters. The standard InChI is InChI=1S/C17H14BrF2NO5/c18-11-4-3-5-12(8-11)24-10-16(23)25-9-15(22)21-13-6-1-2-7-14(13)26-17(19)20/h1-8,17H,9-10H2,(H,21,22). The molecule has 0 heterocycles. The third kappa shape index (κ3) is 6.67. The van der Waals surface area contributed by atoms with Crippen LogP contribution in [-0.2, 0) is 14.3 Å². The first-order valence-electron chi connectivity index (χ1n) is 7.31. The van der Waals surface area contributed by atoms with E-state index in [1.54, 1.807) is 24.3 Å². The lowest BCUT2D eigenvalue weighted by Gasteiger charge is -2.12. The molecule has 26 heavy (non-hydrogen) atoms. The summed E-state index contributed by atoms with van der Waals surface area (Å²) < 4.78 is 39.7. The van der Waals surface area contributed by atoms with Gasteiger partial charge in [0.05, 0.1) is 5.69 Å². The number of halogens is 3. The molecule has 0 radical (unpaired) electrons. The summed E-state index contributed by atoms with van der Waals surface area (Å²) in [6, 6.07) is 12.5. The van der Waals surface area contributed by atoms with Gasteiger partial charge >= 0.3 is 12.6 Å². The molecular weight excluding hydrogens is 416 g/mol. The van der Waals surface area contributed by atoms with Crippen molar-refractivity contribution in [1.29, 1.82) is 0 Å². The summed E-state index contributed by atoms with van der Waals surface area (Å²) >= 11 is 3.26. The topological polar surface area (TPSA) is 73.9 Å². The fraction of sp³-hybridized carbons (Fsp3) is 0.176. The van der Waals surface area contributed by atoms with Crippen molar-refractivity contribution >= 4 is 33.5 Å². The van der Waals surface area contributed by atoms with Gasteiger partial charge in [-0.3, -0.25) is 4.79 Å². The largest absolute Gasteiger partial charge is 0.482 e. The lowest BCUT2D eigenvalue weighted by Crippen LogP contribution is -2.24. The number of alkyl halides is 2. The Labute approximate surface area is 156 Å². The molecule has 1 amide bonds. The maximum Gasteiger partial charge on any atom is 0.387 e. The average molecular weight is 430 g/mol. The highest BCUT2D eigenvalue weighted by Crippen LogP contribution is 2.25. The second-order valence-corrected chi connectivity index (χ2v) is 5.75. The quantitative estimate of drug-likeness (QED) is 0.648. The van der Waals surface area contributed by atoms with Gasteiger partial charge in [-0.15, -0.1) is 0 Å². The molecule has 2 aromatic carbocycles. The number of esters is 1. The van der Waals surface area contributed by atoms with E-state index < -0.39 is 25.1 Å². The second-order valence-electron chi connectivity index (χ2n) is 4.83. The lowest BCUT2D eigenvalue weighted by atomic mass is 10.3. The fourth-order valence-electron chi connectivity index (χ4n) is 1.84. The highest BCUT2D eigenvalue weighted by molar-refractivity contribution is 9.10. The van der Waals surface area contributed by atoms with E-state index in [0.29, 0.717) is 5.75 Å². The van der Waals surface area contributed by atoms with Crippen LogP contribution in [-0.4, -0.2) is 31.7 Å². The van der Waals surface area contributed by atoms with Crippen LogP contribution in [0.5, 0.6) is 11.5 Å². The number of carbonyl (C=O) groups excluding carboxylic acids is 2. The van der Waals surface area contributed by atoms with E-state index in [-0.39, 0.29) is 18.0 Å². The molecular formula is C17H14BrF2NO5. The fourth-order valence-corrected chi connectivity index (χ4v) is 2.22. The van der Waals surface area contributed by atoms with Crippen molar-refractivity contribution in [2.45, 2.75) is 6.61 Å². The van der Waals surface area contributed by atoms with Crippen LogP contribution < -0.4 is 14.8 Å². The molecule has 0 fully saturated rings. The Bertz CT molecular complexity index is 772. The van der Waals surface area contributed by atoms with Gasteiger partial charge in [0.2, 0.25) is 0 Å². The first-order valence-corrected chi connectivity index (χ1v) is 8.11. The van der Waals surface area contributed by atoms with Crippen molar-refractivity contribution in [2.75, 3.05) is 18.5 Å². The Morgan fingerprint density at radius 1 is 1.08 bits per heavy atom. The molecule has 6 nitrogen and oxygen atoms in total. The summed E-state index contributed by atoms with van der Waals surface area (Å²) in [6.07, 6.45) is 0. The number of hydrogen-bond acceptors (Lipinski definition) is 5. The smallest absolute Gasteiger partial charge is 0.387 e. The van der Waals surface area contributed by atoms with Gasteiger partial charge in [-0.1, -0.05) is 34.1 Å². The Hall–Kier alpha value is -2.68. The molecule has 2 rings (SSSR count). The number of rotatable bonds is 8. The van der Waals surface area contributed by atoms with E-state index in [9.17, 15) is 18.4 Å². The molecule has 0 aliphatic rings. The third-order valence-electron chi connectivity index (χ3n) is 2.89. The molecule has 0 atom stereocenters. The first-order chi connectivity index (χ1) is 12.4.